The molecular formula is C23H32N2O4. The lowest BCUT2D eigenvalue weighted by atomic mass is 9.53. The summed E-state index contributed by atoms with van der Waals surface area (Å²) >= 11 is 0. The Labute approximate surface area is 172 Å². The number of Topliss-reactive ketones (excluding diaryl/α,β-unsaturated/α-hetero) is 1. The number of allylic oxidation sites excluding steroid dienone is 1. The number of nitrogens with two attached hydrogens (primary N) is 1. The number of primary amides is 1. The van der Waals surface area contributed by atoms with Crippen molar-refractivity contribution in [1.29, 1.82) is 0 Å². The Morgan fingerprint density at radius 3 is 2.66 bits per heavy atom. The van der Waals surface area contributed by atoms with Gasteiger partial charge in [0, 0.05) is 36.4 Å². The molecule has 0 unspecified atom stereocenters. The van der Waals surface area contributed by atoms with Crippen LogP contribution in [0.2, 0.25) is 0 Å². The molecule has 3 atom stereocenters. The zero-order chi connectivity index (χ0) is 21.6. The third kappa shape index (κ3) is 3.38. The number of carbonyl (C=O) groups is 2. The molecule has 0 aromatic heterocycles. The van der Waals surface area contributed by atoms with E-state index in [0.29, 0.717) is 31.4 Å². The summed E-state index contributed by atoms with van der Waals surface area (Å²) < 4.78 is 0. The van der Waals surface area contributed by atoms with Crippen LogP contribution in [0.1, 0.15) is 67.9 Å². The molecule has 4 N–H and O–H groups in total. The number of piperidine rings is 1. The van der Waals surface area contributed by atoms with Crippen molar-refractivity contribution in [3.63, 3.8) is 0 Å². The predicted octanol–water partition coefficient (Wildman–Crippen LogP) is 2.58. The summed E-state index contributed by atoms with van der Waals surface area (Å²) in [6.07, 6.45) is 3.46. The van der Waals surface area contributed by atoms with Crippen molar-refractivity contribution in [3.05, 3.63) is 40.5 Å². The SMILES string of the molecule is CC(C)=CCN1CC[C@]2(c3c(C)ccc(C(N)=O)c3O)CC(=O)CC[C@@]2(O)[C@H]1C. The lowest BCUT2D eigenvalue weighted by Gasteiger charge is -2.60. The molecule has 1 aromatic rings. The molecule has 1 amide bonds. The molecule has 1 heterocycles. The topological polar surface area (TPSA) is 104 Å². The third-order valence-electron chi connectivity index (χ3n) is 7.04. The van der Waals surface area contributed by atoms with Crippen molar-refractivity contribution < 1.29 is 19.8 Å². The van der Waals surface area contributed by atoms with Crippen molar-refractivity contribution in [2.45, 2.75) is 70.4 Å². The zero-order valence-electron chi connectivity index (χ0n) is 17.8. The van der Waals surface area contributed by atoms with Gasteiger partial charge in [-0.15, -0.1) is 0 Å². The molecule has 2 fully saturated rings. The number of phenols is 1. The van der Waals surface area contributed by atoms with Gasteiger partial charge in [0.25, 0.3) is 5.91 Å². The molecule has 1 saturated heterocycles. The number of carbonyl (C=O) groups excluding carboxylic acids is 2. The van der Waals surface area contributed by atoms with Crippen LogP contribution in [0.15, 0.2) is 23.8 Å². The molecular weight excluding hydrogens is 368 g/mol. The molecule has 1 saturated carbocycles. The van der Waals surface area contributed by atoms with E-state index in [9.17, 15) is 19.8 Å². The molecule has 2 aliphatic rings. The second kappa shape index (κ2) is 7.58. The van der Waals surface area contributed by atoms with Crippen LogP contribution in [0.5, 0.6) is 5.75 Å². The number of aryl methyl sites for hydroxylation is 1. The van der Waals surface area contributed by atoms with Gasteiger partial charge in [0.15, 0.2) is 0 Å². The number of likely N-dealkylation sites (tertiary alicyclic amines) is 1. The zero-order valence-corrected chi connectivity index (χ0v) is 17.8. The third-order valence-corrected chi connectivity index (χ3v) is 7.04. The van der Waals surface area contributed by atoms with E-state index in [1.165, 1.54) is 11.6 Å². The van der Waals surface area contributed by atoms with Crippen LogP contribution < -0.4 is 5.73 Å². The van der Waals surface area contributed by atoms with E-state index >= 15 is 0 Å². The van der Waals surface area contributed by atoms with Gasteiger partial charge in [-0.2, -0.15) is 0 Å². The highest BCUT2D eigenvalue weighted by Gasteiger charge is 2.62. The summed E-state index contributed by atoms with van der Waals surface area (Å²) in [6, 6.07) is 3.03. The molecule has 1 aliphatic carbocycles. The van der Waals surface area contributed by atoms with Crippen molar-refractivity contribution >= 4 is 11.7 Å². The highest BCUT2D eigenvalue weighted by atomic mass is 16.3. The summed E-state index contributed by atoms with van der Waals surface area (Å²) in [5.74, 6) is -0.849. The van der Waals surface area contributed by atoms with Crippen LogP contribution in [0.25, 0.3) is 0 Å². The van der Waals surface area contributed by atoms with Crippen molar-refractivity contribution in [1.82, 2.24) is 4.90 Å². The smallest absolute Gasteiger partial charge is 0.252 e. The Morgan fingerprint density at radius 2 is 2.03 bits per heavy atom. The van der Waals surface area contributed by atoms with Crippen molar-refractivity contribution in [2.75, 3.05) is 13.1 Å². The van der Waals surface area contributed by atoms with Gasteiger partial charge < -0.3 is 15.9 Å². The molecule has 1 aromatic carbocycles. The highest BCUT2D eigenvalue weighted by Crippen LogP contribution is 2.56. The average molecular weight is 401 g/mol. The molecule has 0 bridgehead atoms. The Morgan fingerprint density at radius 1 is 1.34 bits per heavy atom. The molecule has 3 rings (SSSR count). The first kappa shape index (κ1) is 21.5. The Bertz CT molecular complexity index is 874. The number of ketones is 1. The highest BCUT2D eigenvalue weighted by molar-refractivity contribution is 5.96. The number of nitrogens with zero attached hydrogens (tertiary/aromatic N) is 1. The van der Waals surface area contributed by atoms with Gasteiger partial charge in [-0.05, 0) is 58.7 Å². The Balaban J connectivity index is 2.17. The van der Waals surface area contributed by atoms with Gasteiger partial charge in [-0.3, -0.25) is 14.5 Å². The molecule has 6 nitrogen and oxygen atoms in total. The minimum absolute atomic E-state index is 0.0278. The summed E-state index contributed by atoms with van der Waals surface area (Å²) in [6.45, 7) is 9.33. The van der Waals surface area contributed by atoms with Gasteiger partial charge in [0.2, 0.25) is 0 Å². The van der Waals surface area contributed by atoms with Crippen LogP contribution in [-0.4, -0.2) is 51.5 Å². The van der Waals surface area contributed by atoms with Gasteiger partial charge in [0.05, 0.1) is 11.2 Å². The molecule has 158 valence electrons. The minimum Gasteiger partial charge on any atom is -0.507 e. The lowest BCUT2D eigenvalue weighted by Crippen LogP contribution is -2.69. The van der Waals surface area contributed by atoms with E-state index in [0.717, 1.165) is 12.1 Å². The van der Waals surface area contributed by atoms with E-state index in [1.807, 2.05) is 27.7 Å². The lowest BCUT2D eigenvalue weighted by molar-refractivity contribution is -0.163. The molecule has 6 heteroatoms. The predicted molar refractivity (Wildman–Crippen MR) is 112 cm³/mol. The molecule has 29 heavy (non-hydrogen) atoms. The van der Waals surface area contributed by atoms with Crippen molar-refractivity contribution in [2.24, 2.45) is 5.73 Å². The first-order valence-electron chi connectivity index (χ1n) is 10.3. The summed E-state index contributed by atoms with van der Waals surface area (Å²) in [5, 5.41) is 23.1. The van der Waals surface area contributed by atoms with Gasteiger partial charge in [0.1, 0.15) is 11.5 Å². The molecule has 0 radical (unpaired) electrons. The van der Waals surface area contributed by atoms with Crippen molar-refractivity contribution in [3.8, 4) is 5.75 Å². The normalized spacial score (nSPS) is 30.0. The number of benzene rings is 1. The quantitative estimate of drug-likeness (QED) is 0.674. The summed E-state index contributed by atoms with van der Waals surface area (Å²) in [7, 11) is 0. The molecule has 1 aliphatic heterocycles. The van der Waals surface area contributed by atoms with E-state index < -0.39 is 16.9 Å². The van der Waals surface area contributed by atoms with Gasteiger partial charge in [-0.25, -0.2) is 0 Å². The second-order valence-corrected chi connectivity index (χ2v) is 8.94. The fourth-order valence-corrected chi connectivity index (χ4v) is 5.37. The Kier molecular flexibility index (Phi) is 5.62. The standard InChI is InChI=1S/C23H32N2O4/c1-14(2)8-11-25-12-10-22(13-17(26)7-9-23(22,29)16(25)4)19-15(3)5-6-18(20(19)27)21(24)28/h5-6,8,16,27,29H,7,9-13H2,1-4H3,(H2,24,28)/t16-,22-,23-/m1/s1. The van der Waals surface area contributed by atoms with Crippen LogP contribution in [0.4, 0.5) is 0 Å². The number of aliphatic hydroxyl groups is 1. The van der Waals surface area contributed by atoms with Crippen LogP contribution in [0, 0.1) is 6.92 Å². The number of amides is 1. The Hall–Kier alpha value is -2.18. The van der Waals surface area contributed by atoms with Gasteiger partial charge in [-0.1, -0.05) is 17.7 Å². The number of hydrogen-bond acceptors (Lipinski definition) is 5. The maximum absolute atomic E-state index is 12.6. The fourth-order valence-electron chi connectivity index (χ4n) is 5.37. The van der Waals surface area contributed by atoms with E-state index in [1.54, 1.807) is 6.07 Å². The van der Waals surface area contributed by atoms with E-state index in [4.69, 9.17) is 5.73 Å². The monoisotopic (exact) mass is 400 g/mol. The summed E-state index contributed by atoms with van der Waals surface area (Å²) in [4.78, 5) is 26.7. The minimum atomic E-state index is -1.20. The van der Waals surface area contributed by atoms with Crippen LogP contribution in [-0.2, 0) is 10.2 Å². The first-order chi connectivity index (χ1) is 13.5. The first-order valence-corrected chi connectivity index (χ1v) is 10.3. The maximum atomic E-state index is 12.6. The fraction of sp³-hybridized carbons (Fsp3) is 0.565. The number of aromatic hydroxyl groups is 1. The number of rotatable bonds is 4. The van der Waals surface area contributed by atoms with Crippen LogP contribution >= 0.6 is 0 Å². The maximum Gasteiger partial charge on any atom is 0.252 e. The van der Waals surface area contributed by atoms with Gasteiger partial charge >= 0.3 is 0 Å². The number of fused-ring (bicyclic) bond motifs is 1. The largest absolute Gasteiger partial charge is 0.507 e. The average Bonchev–Trinajstić information content (AvgIpc) is 2.63. The van der Waals surface area contributed by atoms with E-state index in [2.05, 4.69) is 11.0 Å². The summed E-state index contributed by atoms with van der Waals surface area (Å²) in [5.41, 5.74) is 5.81. The molecule has 0 spiro atoms. The number of hydrogen-bond donors (Lipinski definition) is 3. The van der Waals surface area contributed by atoms with E-state index in [-0.39, 0.29) is 29.6 Å². The van der Waals surface area contributed by atoms with Crippen LogP contribution in [0.3, 0.4) is 0 Å². The second-order valence-electron chi connectivity index (χ2n) is 8.94.